The normalized spacial score (nSPS) is 10.7. The van der Waals surface area contributed by atoms with Gasteiger partial charge in [-0.25, -0.2) is 4.98 Å². The fourth-order valence-electron chi connectivity index (χ4n) is 2.69. The molecule has 4 rings (SSSR count). The van der Waals surface area contributed by atoms with Gasteiger partial charge in [0, 0.05) is 12.5 Å². The van der Waals surface area contributed by atoms with Crippen molar-refractivity contribution in [3.63, 3.8) is 0 Å². The Morgan fingerprint density at radius 2 is 1.74 bits per heavy atom. The highest BCUT2D eigenvalue weighted by atomic mass is 35.5. The molecule has 134 valence electrons. The highest BCUT2D eigenvalue weighted by Crippen LogP contribution is 2.35. The summed E-state index contributed by atoms with van der Waals surface area (Å²) < 4.78 is 11.6. The third kappa shape index (κ3) is 4.10. The summed E-state index contributed by atoms with van der Waals surface area (Å²) >= 11 is 7.75. The average Bonchev–Trinajstić information content (AvgIpc) is 3.17. The lowest BCUT2D eigenvalue weighted by Crippen LogP contribution is -1.88. The molecule has 0 atom stereocenters. The first-order chi connectivity index (χ1) is 13.2. The Morgan fingerprint density at radius 3 is 2.52 bits per heavy atom. The van der Waals surface area contributed by atoms with Gasteiger partial charge in [0.05, 0.1) is 16.7 Å². The predicted molar refractivity (Wildman–Crippen MR) is 107 cm³/mol. The van der Waals surface area contributed by atoms with Crippen molar-refractivity contribution in [3.05, 3.63) is 76.9 Å². The number of rotatable bonds is 6. The molecular formula is C21H14ClNO3S. The van der Waals surface area contributed by atoms with Crippen LogP contribution in [0.15, 0.2) is 66.3 Å². The van der Waals surface area contributed by atoms with Crippen LogP contribution >= 0.6 is 22.9 Å². The molecule has 0 aliphatic heterocycles. The van der Waals surface area contributed by atoms with E-state index < -0.39 is 0 Å². The van der Waals surface area contributed by atoms with Crippen LogP contribution in [0.25, 0.3) is 10.8 Å². The van der Waals surface area contributed by atoms with Crippen LogP contribution in [0.2, 0.25) is 5.02 Å². The summed E-state index contributed by atoms with van der Waals surface area (Å²) in [6.45, 7) is 0. The summed E-state index contributed by atoms with van der Waals surface area (Å²) in [6, 6.07) is 17.0. The summed E-state index contributed by atoms with van der Waals surface area (Å²) in [4.78, 5) is 14.6. The molecule has 4 nitrogen and oxygen atoms in total. The number of fused-ring (bicyclic) bond motifs is 1. The van der Waals surface area contributed by atoms with Crippen molar-refractivity contribution in [1.29, 1.82) is 0 Å². The van der Waals surface area contributed by atoms with Crippen molar-refractivity contribution in [1.82, 2.24) is 4.98 Å². The summed E-state index contributed by atoms with van der Waals surface area (Å²) in [6.07, 6.45) is 2.97. The highest BCUT2D eigenvalue weighted by molar-refractivity contribution is 7.11. The van der Waals surface area contributed by atoms with Gasteiger partial charge < -0.3 is 14.3 Å². The lowest BCUT2D eigenvalue weighted by Gasteiger charge is -2.10. The van der Waals surface area contributed by atoms with Crippen LogP contribution in [-0.4, -0.2) is 11.3 Å². The van der Waals surface area contributed by atoms with Crippen LogP contribution in [0, 0.1) is 0 Å². The van der Waals surface area contributed by atoms with Gasteiger partial charge in [-0.1, -0.05) is 47.2 Å². The van der Waals surface area contributed by atoms with Gasteiger partial charge in [0.25, 0.3) is 0 Å². The van der Waals surface area contributed by atoms with E-state index in [1.165, 1.54) is 11.3 Å². The molecule has 1 heterocycles. The number of thiazole rings is 1. The molecule has 4 aromatic rings. The lowest BCUT2D eigenvalue weighted by molar-refractivity contribution is -0.107. The average molecular weight is 396 g/mol. The van der Waals surface area contributed by atoms with Crippen LogP contribution in [0.5, 0.6) is 22.3 Å². The minimum absolute atomic E-state index is 0.416. The molecule has 27 heavy (non-hydrogen) atoms. The van der Waals surface area contributed by atoms with Crippen LogP contribution in [0.3, 0.4) is 0 Å². The molecule has 6 heteroatoms. The van der Waals surface area contributed by atoms with E-state index in [4.69, 9.17) is 21.1 Å². The second-order valence-electron chi connectivity index (χ2n) is 5.83. The summed E-state index contributed by atoms with van der Waals surface area (Å²) in [7, 11) is 0. The molecule has 1 aromatic heterocycles. The van der Waals surface area contributed by atoms with E-state index in [0.717, 1.165) is 22.6 Å². The monoisotopic (exact) mass is 395 g/mol. The zero-order valence-electron chi connectivity index (χ0n) is 14.1. The fraction of sp³-hybridized carbons (Fsp3) is 0.0476. The molecule has 0 saturated carbocycles. The van der Waals surface area contributed by atoms with Crippen molar-refractivity contribution in [2.75, 3.05) is 0 Å². The van der Waals surface area contributed by atoms with Crippen molar-refractivity contribution in [2.45, 2.75) is 6.42 Å². The van der Waals surface area contributed by atoms with Gasteiger partial charge in [-0.05, 0) is 40.6 Å². The maximum atomic E-state index is 10.7. The molecule has 0 N–H and O–H groups in total. The van der Waals surface area contributed by atoms with Crippen molar-refractivity contribution < 1.29 is 14.3 Å². The molecule has 0 spiro atoms. The largest absolute Gasteiger partial charge is 0.456 e. The van der Waals surface area contributed by atoms with Gasteiger partial charge in [0.2, 0.25) is 5.06 Å². The lowest BCUT2D eigenvalue weighted by atomic mass is 10.1. The smallest absolute Gasteiger partial charge is 0.200 e. The SMILES string of the molecule is O=CCc1ccc2cc(Oc3ccc(Oc4cncs4)cc3Cl)ccc2c1. The van der Waals surface area contributed by atoms with E-state index in [0.29, 0.717) is 33.8 Å². The molecule has 0 fully saturated rings. The number of carbonyl (C=O) groups excluding carboxylic acids is 1. The van der Waals surface area contributed by atoms with E-state index in [-0.39, 0.29) is 0 Å². The van der Waals surface area contributed by atoms with Gasteiger partial charge in [-0.2, -0.15) is 0 Å². The molecule has 0 aliphatic rings. The van der Waals surface area contributed by atoms with Gasteiger partial charge in [0.1, 0.15) is 23.5 Å². The fourth-order valence-corrected chi connectivity index (χ4v) is 3.39. The topological polar surface area (TPSA) is 48.4 Å². The molecule has 0 saturated heterocycles. The Kier molecular flexibility index (Phi) is 5.05. The van der Waals surface area contributed by atoms with Gasteiger partial charge in [-0.15, -0.1) is 0 Å². The van der Waals surface area contributed by atoms with Crippen molar-refractivity contribution >= 4 is 40.0 Å². The molecule has 0 amide bonds. The third-order valence-corrected chi connectivity index (χ3v) is 4.90. The first-order valence-corrected chi connectivity index (χ1v) is 9.47. The van der Waals surface area contributed by atoms with E-state index in [1.807, 2.05) is 36.4 Å². The number of nitrogens with zero attached hydrogens (tertiary/aromatic N) is 1. The molecule has 3 aromatic carbocycles. The highest BCUT2D eigenvalue weighted by Gasteiger charge is 2.08. The number of hydrogen-bond acceptors (Lipinski definition) is 5. The van der Waals surface area contributed by atoms with Crippen LogP contribution < -0.4 is 9.47 Å². The second-order valence-corrected chi connectivity index (χ2v) is 7.09. The molecule has 0 aliphatic carbocycles. The zero-order chi connectivity index (χ0) is 18.6. The van der Waals surface area contributed by atoms with Crippen molar-refractivity contribution in [2.24, 2.45) is 0 Å². The number of aldehydes is 1. The molecule has 0 unspecified atom stereocenters. The second kappa shape index (κ2) is 7.78. The molecular weight excluding hydrogens is 382 g/mol. The third-order valence-electron chi connectivity index (χ3n) is 3.95. The van der Waals surface area contributed by atoms with Gasteiger partial charge in [-0.3, -0.25) is 0 Å². The molecule has 0 radical (unpaired) electrons. The quantitative estimate of drug-likeness (QED) is 0.361. The summed E-state index contributed by atoms with van der Waals surface area (Å²) in [5.74, 6) is 1.85. The van der Waals surface area contributed by atoms with Crippen LogP contribution in [-0.2, 0) is 11.2 Å². The standard InChI is InChI=1S/C21H14ClNO3S/c22-19-11-18(26-21-12-23-13-27-21)5-6-20(19)25-17-4-3-15-9-14(7-8-24)1-2-16(15)10-17/h1-6,8-13H,7H2. The Morgan fingerprint density at radius 1 is 0.963 bits per heavy atom. The van der Waals surface area contributed by atoms with E-state index >= 15 is 0 Å². The number of benzene rings is 3. The predicted octanol–water partition coefficient (Wildman–Crippen LogP) is 6.28. The van der Waals surface area contributed by atoms with Gasteiger partial charge >= 0.3 is 0 Å². The Hall–Kier alpha value is -2.89. The van der Waals surface area contributed by atoms with E-state index in [1.54, 1.807) is 29.9 Å². The Bertz CT molecular complexity index is 1100. The van der Waals surface area contributed by atoms with Crippen molar-refractivity contribution in [3.8, 4) is 22.3 Å². The number of aromatic nitrogens is 1. The Labute approximate surface area is 165 Å². The minimum Gasteiger partial charge on any atom is -0.456 e. The zero-order valence-corrected chi connectivity index (χ0v) is 15.7. The van der Waals surface area contributed by atoms with Crippen LogP contribution in [0.4, 0.5) is 0 Å². The van der Waals surface area contributed by atoms with Gasteiger partial charge in [0.15, 0.2) is 0 Å². The first-order valence-electron chi connectivity index (χ1n) is 8.21. The number of halogens is 1. The number of carbonyl (C=O) groups is 1. The summed E-state index contributed by atoms with van der Waals surface area (Å²) in [5.41, 5.74) is 2.70. The van der Waals surface area contributed by atoms with E-state index in [9.17, 15) is 4.79 Å². The Balaban J connectivity index is 1.54. The minimum atomic E-state index is 0.416. The maximum absolute atomic E-state index is 10.7. The number of hydrogen-bond donors (Lipinski definition) is 0. The van der Waals surface area contributed by atoms with Crippen LogP contribution in [0.1, 0.15) is 5.56 Å². The summed E-state index contributed by atoms with van der Waals surface area (Å²) in [5, 5.41) is 3.24. The maximum Gasteiger partial charge on any atom is 0.200 e. The number of ether oxygens (including phenoxy) is 2. The molecule has 0 bridgehead atoms. The first kappa shape index (κ1) is 17.5. The van der Waals surface area contributed by atoms with E-state index in [2.05, 4.69) is 4.98 Å².